The van der Waals surface area contributed by atoms with E-state index in [1.54, 1.807) is 23.5 Å². The van der Waals surface area contributed by atoms with Crippen LogP contribution < -0.4 is 15.4 Å². The van der Waals surface area contributed by atoms with E-state index < -0.39 is 0 Å². The van der Waals surface area contributed by atoms with Gasteiger partial charge in [-0.15, -0.1) is 35.3 Å². The van der Waals surface area contributed by atoms with Gasteiger partial charge in [0.1, 0.15) is 17.7 Å². The Hall–Kier alpha value is -1.46. The average molecular weight is 576 g/mol. The van der Waals surface area contributed by atoms with Crippen molar-refractivity contribution in [3.8, 4) is 5.75 Å². The van der Waals surface area contributed by atoms with Gasteiger partial charge in [-0.3, -0.25) is 4.90 Å². The number of benzene rings is 1. The molecular formula is C23H35FIN5OS. The molecule has 1 fully saturated rings. The Balaban J connectivity index is 0.00000363. The number of halogens is 2. The smallest absolute Gasteiger partial charge is 0.191 e. The lowest BCUT2D eigenvalue weighted by Crippen LogP contribution is -2.43. The standard InChI is InChI=1S/C23H34FN5OS.HI/c1-4-25-23(26-13-17(2)30-22-7-5-20(24)6-8-22)27-14-19-9-11-29(12-10-19)15-21-16-31-18(3)28-21;/h5-8,16-17,19H,4,9-15H2,1-3H3,(H2,25,26,27);1H. The lowest BCUT2D eigenvalue weighted by Gasteiger charge is -2.31. The van der Waals surface area contributed by atoms with Crippen LogP contribution in [0.25, 0.3) is 0 Å². The average Bonchev–Trinajstić information content (AvgIpc) is 3.17. The van der Waals surface area contributed by atoms with Gasteiger partial charge in [-0.05, 0) is 76.9 Å². The highest BCUT2D eigenvalue weighted by atomic mass is 127. The molecule has 178 valence electrons. The van der Waals surface area contributed by atoms with Crippen LogP contribution in [0.15, 0.2) is 34.6 Å². The fourth-order valence-electron chi connectivity index (χ4n) is 3.64. The Morgan fingerprint density at radius 1 is 1.28 bits per heavy atom. The van der Waals surface area contributed by atoms with Crippen LogP contribution in [0.4, 0.5) is 4.39 Å². The van der Waals surface area contributed by atoms with Crippen LogP contribution >= 0.6 is 35.3 Å². The lowest BCUT2D eigenvalue weighted by molar-refractivity contribution is 0.176. The van der Waals surface area contributed by atoms with Crippen molar-refractivity contribution in [3.63, 3.8) is 0 Å². The minimum absolute atomic E-state index is 0. The molecule has 32 heavy (non-hydrogen) atoms. The van der Waals surface area contributed by atoms with Crippen LogP contribution in [0.5, 0.6) is 5.75 Å². The van der Waals surface area contributed by atoms with Crippen molar-refractivity contribution in [2.75, 3.05) is 32.7 Å². The minimum atomic E-state index is -0.263. The number of aryl methyl sites for hydroxylation is 1. The number of piperidine rings is 1. The molecule has 3 rings (SSSR count). The molecule has 2 heterocycles. The van der Waals surface area contributed by atoms with Gasteiger partial charge in [0, 0.05) is 25.0 Å². The highest BCUT2D eigenvalue weighted by molar-refractivity contribution is 14.0. The number of aliphatic imine (C=N–C) groups is 1. The summed E-state index contributed by atoms with van der Waals surface area (Å²) in [5, 5.41) is 10.1. The van der Waals surface area contributed by atoms with Gasteiger partial charge >= 0.3 is 0 Å². The Bertz CT molecular complexity index is 824. The molecule has 2 aromatic rings. The third-order valence-electron chi connectivity index (χ3n) is 5.32. The molecule has 0 aliphatic carbocycles. The molecule has 0 saturated carbocycles. The van der Waals surface area contributed by atoms with Gasteiger partial charge in [0.25, 0.3) is 0 Å². The van der Waals surface area contributed by atoms with E-state index in [0.29, 0.717) is 18.2 Å². The van der Waals surface area contributed by atoms with Crippen molar-refractivity contribution in [2.45, 2.75) is 46.3 Å². The summed E-state index contributed by atoms with van der Waals surface area (Å²) in [5.74, 6) is 1.85. The molecule has 1 aliphatic rings. The summed E-state index contributed by atoms with van der Waals surface area (Å²) >= 11 is 1.72. The first-order valence-corrected chi connectivity index (χ1v) is 12.0. The second kappa shape index (κ2) is 13.9. The van der Waals surface area contributed by atoms with E-state index in [0.717, 1.165) is 43.7 Å². The van der Waals surface area contributed by atoms with E-state index in [1.807, 2.05) is 6.92 Å². The molecule has 0 spiro atoms. The third-order valence-corrected chi connectivity index (χ3v) is 6.14. The zero-order valence-corrected chi connectivity index (χ0v) is 22.3. The van der Waals surface area contributed by atoms with Gasteiger partial charge in [-0.1, -0.05) is 0 Å². The maximum absolute atomic E-state index is 13.0. The minimum Gasteiger partial charge on any atom is -0.489 e. The molecule has 9 heteroatoms. The normalized spacial score (nSPS) is 16.3. The fraction of sp³-hybridized carbons (Fsp3) is 0.565. The zero-order valence-electron chi connectivity index (χ0n) is 19.1. The summed E-state index contributed by atoms with van der Waals surface area (Å²) in [4.78, 5) is 11.7. The molecule has 1 aliphatic heterocycles. The van der Waals surface area contributed by atoms with Crippen molar-refractivity contribution < 1.29 is 9.13 Å². The summed E-state index contributed by atoms with van der Waals surface area (Å²) < 4.78 is 18.8. The molecule has 0 bridgehead atoms. The number of likely N-dealkylation sites (tertiary alicyclic amines) is 1. The van der Waals surface area contributed by atoms with Crippen molar-refractivity contribution in [1.82, 2.24) is 20.5 Å². The SMILES string of the molecule is CCNC(=NCC(C)Oc1ccc(F)cc1)NCC1CCN(Cc2csc(C)n2)CC1.I. The highest BCUT2D eigenvalue weighted by Gasteiger charge is 2.20. The Morgan fingerprint density at radius 2 is 2.00 bits per heavy atom. The molecule has 1 aromatic heterocycles. The van der Waals surface area contributed by atoms with E-state index in [4.69, 9.17) is 4.74 Å². The van der Waals surface area contributed by atoms with E-state index >= 15 is 0 Å². The Kier molecular flexibility index (Phi) is 11.7. The predicted octanol–water partition coefficient (Wildman–Crippen LogP) is 4.44. The second-order valence-electron chi connectivity index (χ2n) is 8.06. The van der Waals surface area contributed by atoms with Crippen molar-refractivity contribution in [3.05, 3.63) is 46.2 Å². The molecule has 1 saturated heterocycles. The van der Waals surface area contributed by atoms with Crippen molar-refractivity contribution in [2.24, 2.45) is 10.9 Å². The number of thiazole rings is 1. The molecule has 0 amide bonds. The number of guanidine groups is 1. The second-order valence-corrected chi connectivity index (χ2v) is 9.12. The molecule has 6 nitrogen and oxygen atoms in total. The first kappa shape index (κ1) is 26.8. The monoisotopic (exact) mass is 575 g/mol. The van der Waals surface area contributed by atoms with Crippen molar-refractivity contribution >= 4 is 41.3 Å². The fourth-order valence-corrected chi connectivity index (χ4v) is 4.25. The van der Waals surface area contributed by atoms with E-state index in [2.05, 4.69) is 44.7 Å². The number of aromatic nitrogens is 1. The first-order valence-electron chi connectivity index (χ1n) is 11.1. The lowest BCUT2D eigenvalue weighted by atomic mass is 9.97. The summed E-state index contributed by atoms with van der Waals surface area (Å²) in [6.07, 6.45) is 2.26. The van der Waals surface area contributed by atoms with E-state index in [1.165, 1.54) is 30.7 Å². The van der Waals surface area contributed by atoms with Crippen LogP contribution in [0.2, 0.25) is 0 Å². The maximum atomic E-state index is 13.0. The van der Waals surface area contributed by atoms with Crippen LogP contribution in [0, 0.1) is 18.7 Å². The number of hydrogen-bond acceptors (Lipinski definition) is 5. The van der Waals surface area contributed by atoms with Gasteiger partial charge in [-0.25, -0.2) is 14.4 Å². The number of nitrogens with zero attached hydrogens (tertiary/aromatic N) is 3. The summed E-state index contributed by atoms with van der Waals surface area (Å²) in [7, 11) is 0. The number of hydrogen-bond donors (Lipinski definition) is 2. The van der Waals surface area contributed by atoms with E-state index in [-0.39, 0.29) is 35.9 Å². The van der Waals surface area contributed by atoms with Crippen LogP contribution in [0.3, 0.4) is 0 Å². The zero-order chi connectivity index (χ0) is 22.1. The maximum Gasteiger partial charge on any atom is 0.191 e. The molecule has 1 atom stereocenters. The molecule has 2 N–H and O–H groups in total. The topological polar surface area (TPSA) is 61.8 Å². The third kappa shape index (κ3) is 9.19. The van der Waals surface area contributed by atoms with Crippen molar-refractivity contribution in [1.29, 1.82) is 0 Å². The molecule has 1 unspecified atom stereocenters. The molecular weight excluding hydrogens is 540 g/mol. The van der Waals surface area contributed by atoms with Gasteiger partial charge in [-0.2, -0.15) is 0 Å². The summed E-state index contributed by atoms with van der Waals surface area (Å²) in [5.41, 5.74) is 1.19. The highest BCUT2D eigenvalue weighted by Crippen LogP contribution is 2.19. The first-order chi connectivity index (χ1) is 15.0. The summed E-state index contributed by atoms with van der Waals surface area (Å²) in [6, 6.07) is 6.09. The Labute approximate surface area is 212 Å². The van der Waals surface area contributed by atoms with Crippen LogP contribution in [-0.2, 0) is 6.54 Å². The van der Waals surface area contributed by atoms with Crippen LogP contribution in [0.1, 0.15) is 37.4 Å². The Morgan fingerprint density at radius 3 is 2.62 bits per heavy atom. The van der Waals surface area contributed by atoms with E-state index in [9.17, 15) is 4.39 Å². The van der Waals surface area contributed by atoms with Gasteiger partial charge < -0.3 is 15.4 Å². The van der Waals surface area contributed by atoms with Gasteiger partial charge in [0.2, 0.25) is 0 Å². The number of ether oxygens (including phenoxy) is 1. The largest absolute Gasteiger partial charge is 0.489 e. The van der Waals surface area contributed by atoms with Gasteiger partial charge in [0.05, 0.1) is 17.2 Å². The molecule has 1 aromatic carbocycles. The summed E-state index contributed by atoms with van der Waals surface area (Å²) in [6.45, 7) is 11.5. The van der Waals surface area contributed by atoms with Crippen LogP contribution in [-0.4, -0.2) is 54.7 Å². The number of rotatable bonds is 9. The quantitative estimate of drug-likeness (QED) is 0.263. The number of nitrogens with one attached hydrogen (secondary N) is 2. The van der Waals surface area contributed by atoms with Gasteiger partial charge in [0.15, 0.2) is 5.96 Å². The molecule has 0 radical (unpaired) electrons. The predicted molar refractivity (Wildman–Crippen MR) is 141 cm³/mol.